The van der Waals surface area contributed by atoms with E-state index in [2.05, 4.69) is 67.3 Å². The fraction of sp³-hybridized carbons (Fsp3) is 0.429. The second kappa shape index (κ2) is 7.33. The van der Waals surface area contributed by atoms with E-state index in [1.807, 2.05) is 23.1 Å². The van der Waals surface area contributed by atoms with Crippen molar-refractivity contribution in [2.45, 2.75) is 32.9 Å². The maximum Gasteiger partial charge on any atom is 0.0793 e. The number of hydrogen-bond donors (Lipinski definition) is 1. The molecule has 0 amide bonds. The van der Waals surface area contributed by atoms with E-state index in [1.54, 1.807) is 0 Å². The Morgan fingerprint density at radius 3 is 2.75 bits per heavy atom. The maximum atomic E-state index is 4.54. The number of hydrogen-bond acceptors (Lipinski definition) is 3. The van der Waals surface area contributed by atoms with E-state index in [0.717, 1.165) is 39.7 Å². The number of rotatable bonds is 6. The van der Waals surface area contributed by atoms with Gasteiger partial charge in [-0.3, -0.25) is 9.67 Å². The summed E-state index contributed by atoms with van der Waals surface area (Å²) in [6.07, 6.45) is 6.90. The topological polar surface area (TPSA) is 42.7 Å². The van der Waals surface area contributed by atoms with E-state index in [-0.39, 0.29) is 6.04 Å². The molecule has 0 saturated heterocycles. The highest BCUT2D eigenvalue weighted by molar-refractivity contribution is 9.11. The third-order valence-electron chi connectivity index (χ3n) is 2.96. The van der Waals surface area contributed by atoms with Crippen LogP contribution in [-0.2, 0) is 6.54 Å². The SMILES string of the molecule is CCCn1cc(C(NCC)c2ncc(Br)cc2Br)cn1. The number of aryl methyl sites for hydroxylation is 1. The van der Waals surface area contributed by atoms with Gasteiger partial charge in [0.05, 0.1) is 17.9 Å². The number of pyridine rings is 1. The molecule has 0 aromatic carbocycles. The van der Waals surface area contributed by atoms with E-state index in [1.165, 1.54) is 0 Å². The van der Waals surface area contributed by atoms with Crippen molar-refractivity contribution < 1.29 is 0 Å². The molecule has 1 unspecified atom stereocenters. The van der Waals surface area contributed by atoms with Gasteiger partial charge in [0.25, 0.3) is 0 Å². The van der Waals surface area contributed by atoms with Gasteiger partial charge in [-0.2, -0.15) is 5.10 Å². The predicted octanol–water partition coefficient (Wildman–Crippen LogP) is 3.91. The van der Waals surface area contributed by atoms with Gasteiger partial charge in [-0.05, 0) is 50.9 Å². The lowest BCUT2D eigenvalue weighted by molar-refractivity contribution is 0.593. The summed E-state index contributed by atoms with van der Waals surface area (Å²) < 4.78 is 3.93. The predicted molar refractivity (Wildman–Crippen MR) is 87.7 cm³/mol. The molecule has 0 saturated carbocycles. The molecular formula is C14H18Br2N4. The highest BCUT2D eigenvalue weighted by Gasteiger charge is 2.19. The van der Waals surface area contributed by atoms with Crippen LogP contribution in [0.25, 0.3) is 0 Å². The van der Waals surface area contributed by atoms with Crippen LogP contribution >= 0.6 is 31.9 Å². The fourth-order valence-electron chi connectivity index (χ4n) is 2.09. The van der Waals surface area contributed by atoms with Crippen LogP contribution in [0.3, 0.4) is 0 Å². The Balaban J connectivity index is 2.34. The second-order valence-electron chi connectivity index (χ2n) is 4.55. The van der Waals surface area contributed by atoms with Crippen molar-refractivity contribution in [3.63, 3.8) is 0 Å². The molecule has 1 atom stereocenters. The van der Waals surface area contributed by atoms with Crippen LogP contribution in [-0.4, -0.2) is 21.3 Å². The minimum Gasteiger partial charge on any atom is -0.305 e. The van der Waals surface area contributed by atoms with Crippen LogP contribution in [0.5, 0.6) is 0 Å². The molecule has 20 heavy (non-hydrogen) atoms. The van der Waals surface area contributed by atoms with Crippen LogP contribution in [0.1, 0.15) is 37.6 Å². The maximum absolute atomic E-state index is 4.54. The molecule has 0 bridgehead atoms. The van der Waals surface area contributed by atoms with Crippen molar-refractivity contribution in [1.82, 2.24) is 20.1 Å². The van der Waals surface area contributed by atoms with Crippen molar-refractivity contribution in [2.75, 3.05) is 6.54 Å². The zero-order valence-electron chi connectivity index (χ0n) is 11.6. The van der Waals surface area contributed by atoms with Gasteiger partial charge in [0.2, 0.25) is 0 Å². The molecule has 6 heteroatoms. The van der Waals surface area contributed by atoms with E-state index in [4.69, 9.17) is 0 Å². The quantitative estimate of drug-likeness (QED) is 0.797. The highest BCUT2D eigenvalue weighted by atomic mass is 79.9. The van der Waals surface area contributed by atoms with E-state index < -0.39 is 0 Å². The fourth-order valence-corrected chi connectivity index (χ4v) is 3.31. The summed E-state index contributed by atoms with van der Waals surface area (Å²) in [7, 11) is 0. The Hall–Kier alpha value is -0.720. The van der Waals surface area contributed by atoms with Gasteiger partial charge in [-0.1, -0.05) is 13.8 Å². The Labute approximate surface area is 136 Å². The van der Waals surface area contributed by atoms with E-state index in [0.29, 0.717) is 0 Å². The van der Waals surface area contributed by atoms with Gasteiger partial charge in [0.1, 0.15) is 0 Å². The number of nitrogens with zero attached hydrogens (tertiary/aromatic N) is 3. The number of aromatic nitrogens is 3. The molecule has 4 nitrogen and oxygen atoms in total. The van der Waals surface area contributed by atoms with Crippen LogP contribution < -0.4 is 5.32 Å². The average Bonchev–Trinajstić information content (AvgIpc) is 2.86. The van der Waals surface area contributed by atoms with Gasteiger partial charge >= 0.3 is 0 Å². The third-order valence-corrected chi connectivity index (χ3v) is 4.03. The monoisotopic (exact) mass is 400 g/mol. The van der Waals surface area contributed by atoms with Crippen LogP contribution in [0.4, 0.5) is 0 Å². The third kappa shape index (κ3) is 3.68. The van der Waals surface area contributed by atoms with Crippen molar-refractivity contribution >= 4 is 31.9 Å². The van der Waals surface area contributed by atoms with Gasteiger partial charge < -0.3 is 5.32 Å². The lowest BCUT2D eigenvalue weighted by Gasteiger charge is -2.17. The molecule has 0 spiro atoms. The molecule has 0 aliphatic carbocycles. The lowest BCUT2D eigenvalue weighted by atomic mass is 10.1. The standard InChI is InChI=1S/C14H18Br2N4/c1-3-5-20-9-10(7-19-20)13(17-4-2)14-12(16)6-11(15)8-18-14/h6-9,13,17H,3-5H2,1-2H3. The van der Waals surface area contributed by atoms with E-state index >= 15 is 0 Å². The average molecular weight is 402 g/mol. The summed E-state index contributed by atoms with van der Waals surface area (Å²) in [5.74, 6) is 0. The smallest absolute Gasteiger partial charge is 0.0793 e. The summed E-state index contributed by atoms with van der Waals surface area (Å²) in [5, 5.41) is 7.88. The minimum atomic E-state index is 0.0491. The molecule has 108 valence electrons. The summed E-state index contributed by atoms with van der Waals surface area (Å²) in [6.45, 7) is 6.05. The molecule has 2 rings (SSSR count). The second-order valence-corrected chi connectivity index (χ2v) is 6.32. The summed E-state index contributed by atoms with van der Waals surface area (Å²) in [4.78, 5) is 4.54. The number of halogens is 2. The molecule has 2 heterocycles. The van der Waals surface area contributed by atoms with Gasteiger partial charge in [0, 0.05) is 33.4 Å². The molecule has 2 aromatic rings. The zero-order valence-corrected chi connectivity index (χ0v) is 14.8. The Kier molecular flexibility index (Phi) is 5.74. The van der Waals surface area contributed by atoms with Gasteiger partial charge in [-0.25, -0.2) is 0 Å². The van der Waals surface area contributed by atoms with Crippen LogP contribution in [0.2, 0.25) is 0 Å². The largest absolute Gasteiger partial charge is 0.305 e. The first-order valence-electron chi connectivity index (χ1n) is 6.72. The van der Waals surface area contributed by atoms with E-state index in [9.17, 15) is 0 Å². The van der Waals surface area contributed by atoms with Crippen molar-refractivity contribution in [1.29, 1.82) is 0 Å². The first-order valence-corrected chi connectivity index (χ1v) is 8.31. The summed E-state index contributed by atoms with van der Waals surface area (Å²) in [6, 6.07) is 2.07. The normalized spacial score (nSPS) is 12.6. The molecular weight excluding hydrogens is 384 g/mol. The van der Waals surface area contributed by atoms with Crippen molar-refractivity contribution in [3.05, 3.63) is 44.9 Å². The van der Waals surface area contributed by atoms with Crippen molar-refractivity contribution in [2.24, 2.45) is 0 Å². The Morgan fingerprint density at radius 2 is 2.10 bits per heavy atom. The first-order chi connectivity index (χ1) is 9.65. The van der Waals surface area contributed by atoms with Crippen LogP contribution in [0, 0.1) is 0 Å². The lowest BCUT2D eigenvalue weighted by Crippen LogP contribution is -2.23. The molecule has 2 aromatic heterocycles. The minimum absolute atomic E-state index is 0.0491. The molecule has 0 radical (unpaired) electrons. The highest BCUT2D eigenvalue weighted by Crippen LogP contribution is 2.28. The molecule has 0 aliphatic rings. The Bertz CT molecular complexity index is 568. The summed E-state index contributed by atoms with van der Waals surface area (Å²) in [5.41, 5.74) is 2.11. The Morgan fingerprint density at radius 1 is 1.30 bits per heavy atom. The van der Waals surface area contributed by atoms with Gasteiger partial charge in [0.15, 0.2) is 0 Å². The molecule has 1 N–H and O–H groups in total. The van der Waals surface area contributed by atoms with Gasteiger partial charge in [-0.15, -0.1) is 0 Å². The van der Waals surface area contributed by atoms with Crippen molar-refractivity contribution in [3.8, 4) is 0 Å². The zero-order chi connectivity index (χ0) is 14.5. The molecule has 0 fully saturated rings. The number of nitrogens with one attached hydrogen (secondary N) is 1. The first kappa shape index (κ1) is 15.7. The van der Waals surface area contributed by atoms with Crippen LogP contribution in [0.15, 0.2) is 33.6 Å². The molecule has 0 aliphatic heterocycles. The summed E-state index contributed by atoms with van der Waals surface area (Å²) >= 11 is 7.03.